The summed E-state index contributed by atoms with van der Waals surface area (Å²) in [6.07, 6.45) is 3.72. The zero-order valence-electron chi connectivity index (χ0n) is 27.1. The molecule has 4 nitrogen and oxygen atoms in total. The third-order valence-corrected chi connectivity index (χ3v) is 8.84. The molecule has 0 aromatic heterocycles. The number of nitrogens with zero attached hydrogens (tertiary/aromatic N) is 1. The highest BCUT2D eigenvalue weighted by Gasteiger charge is 2.26. The summed E-state index contributed by atoms with van der Waals surface area (Å²) in [5.41, 5.74) is 7.22. The van der Waals surface area contributed by atoms with E-state index in [1.54, 1.807) is 0 Å². The highest BCUT2D eigenvalue weighted by molar-refractivity contribution is 5.97. The van der Waals surface area contributed by atoms with E-state index in [-0.39, 0.29) is 11.9 Å². The van der Waals surface area contributed by atoms with Gasteiger partial charge in [-0.25, -0.2) is 0 Å². The number of hydrogen-bond donors (Lipinski definition) is 1. The fourth-order valence-electron chi connectivity index (χ4n) is 5.64. The van der Waals surface area contributed by atoms with Gasteiger partial charge >= 0.3 is 5.97 Å². The van der Waals surface area contributed by atoms with Gasteiger partial charge in [0, 0.05) is 42.3 Å². The van der Waals surface area contributed by atoms with E-state index in [9.17, 15) is 4.79 Å². The highest BCUT2D eigenvalue weighted by Crippen LogP contribution is 2.39. The summed E-state index contributed by atoms with van der Waals surface area (Å²) < 4.78 is 5.50. The van der Waals surface area contributed by atoms with Gasteiger partial charge < -0.3 is 15.0 Å². The molecule has 0 amide bonds. The molecule has 0 spiro atoms. The molecule has 0 radical (unpaired) electrons. The van der Waals surface area contributed by atoms with Crippen molar-refractivity contribution in [3.05, 3.63) is 107 Å². The van der Waals surface area contributed by atoms with Crippen molar-refractivity contribution in [3.63, 3.8) is 0 Å². The number of ether oxygens (including phenoxy) is 1. The molecule has 0 saturated heterocycles. The standard InChI is InChI=1S/C39H50N2O2/c1-7-39(5,6)38(42)43-28-14-10-13-27-40-36-26-25-35(33-15-11-12-16-34(33)36)37(30-19-17-29(4)18-20-30)31-21-23-32(24-22-31)41(8-2)9-3/h11-12,15-26,37,40H,7-10,13-14,27-28H2,1-6H3. The van der Waals surface area contributed by atoms with Crippen molar-refractivity contribution in [1.29, 1.82) is 0 Å². The van der Waals surface area contributed by atoms with E-state index in [1.807, 2.05) is 20.8 Å². The van der Waals surface area contributed by atoms with Crippen LogP contribution in [0.15, 0.2) is 84.9 Å². The van der Waals surface area contributed by atoms with Crippen LogP contribution in [0.3, 0.4) is 0 Å². The lowest BCUT2D eigenvalue weighted by molar-refractivity contribution is -0.154. The maximum absolute atomic E-state index is 12.2. The lowest BCUT2D eigenvalue weighted by atomic mass is 9.82. The number of rotatable bonds is 15. The molecular weight excluding hydrogens is 528 g/mol. The minimum absolute atomic E-state index is 0.0940. The fourth-order valence-corrected chi connectivity index (χ4v) is 5.64. The Morgan fingerprint density at radius 1 is 0.791 bits per heavy atom. The second kappa shape index (κ2) is 15.1. The van der Waals surface area contributed by atoms with Crippen LogP contribution in [-0.2, 0) is 9.53 Å². The summed E-state index contributed by atoms with van der Waals surface area (Å²) in [7, 11) is 0. The van der Waals surface area contributed by atoms with Crippen molar-refractivity contribution in [2.45, 2.75) is 73.1 Å². The molecule has 228 valence electrons. The Balaban J connectivity index is 1.52. The minimum Gasteiger partial charge on any atom is -0.465 e. The van der Waals surface area contributed by atoms with E-state index in [0.29, 0.717) is 6.61 Å². The van der Waals surface area contributed by atoms with E-state index in [1.165, 1.54) is 38.7 Å². The van der Waals surface area contributed by atoms with Crippen LogP contribution in [0.4, 0.5) is 11.4 Å². The van der Waals surface area contributed by atoms with Crippen molar-refractivity contribution in [1.82, 2.24) is 0 Å². The average molecular weight is 579 g/mol. The Kier molecular flexibility index (Phi) is 11.3. The molecule has 0 heterocycles. The number of benzene rings is 4. The third kappa shape index (κ3) is 7.98. The van der Waals surface area contributed by atoms with Crippen LogP contribution in [0.2, 0.25) is 0 Å². The Labute approximate surface area is 259 Å². The Bertz CT molecular complexity index is 1450. The maximum atomic E-state index is 12.2. The Hall–Kier alpha value is -3.79. The number of fused-ring (bicyclic) bond motifs is 1. The lowest BCUT2D eigenvalue weighted by Gasteiger charge is -2.25. The molecule has 0 aliphatic rings. The second-order valence-corrected chi connectivity index (χ2v) is 12.2. The number of nitrogens with one attached hydrogen (secondary N) is 1. The number of esters is 1. The number of aryl methyl sites for hydroxylation is 1. The Morgan fingerprint density at radius 3 is 2.05 bits per heavy atom. The van der Waals surface area contributed by atoms with E-state index in [4.69, 9.17) is 4.74 Å². The van der Waals surface area contributed by atoms with Gasteiger partial charge in [0.05, 0.1) is 12.0 Å². The van der Waals surface area contributed by atoms with E-state index in [2.05, 4.69) is 116 Å². The van der Waals surface area contributed by atoms with Crippen LogP contribution < -0.4 is 10.2 Å². The minimum atomic E-state index is -0.401. The molecule has 4 aromatic carbocycles. The number of unbranched alkanes of at least 4 members (excludes halogenated alkanes) is 2. The van der Waals surface area contributed by atoms with Crippen LogP contribution >= 0.6 is 0 Å². The number of carbonyl (C=O) groups is 1. The first kappa shape index (κ1) is 32.1. The van der Waals surface area contributed by atoms with Crippen molar-refractivity contribution >= 4 is 28.1 Å². The molecule has 0 fully saturated rings. The monoisotopic (exact) mass is 578 g/mol. The van der Waals surface area contributed by atoms with Gasteiger partial charge in [-0.05, 0) is 101 Å². The van der Waals surface area contributed by atoms with Gasteiger partial charge in [0.2, 0.25) is 0 Å². The molecule has 1 atom stereocenters. The number of hydrogen-bond acceptors (Lipinski definition) is 4. The number of carbonyl (C=O) groups excluding carboxylic acids is 1. The summed E-state index contributed by atoms with van der Waals surface area (Å²) in [4.78, 5) is 14.6. The summed E-state index contributed by atoms with van der Waals surface area (Å²) in [5.74, 6) is 0.0363. The van der Waals surface area contributed by atoms with Gasteiger partial charge in [0.25, 0.3) is 0 Å². The van der Waals surface area contributed by atoms with Gasteiger partial charge in [-0.2, -0.15) is 0 Å². The quantitative estimate of drug-likeness (QED) is 0.0866. The first-order valence-corrected chi connectivity index (χ1v) is 16.1. The topological polar surface area (TPSA) is 41.6 Å². The summed E-state index contributed by atoms with van der Waals surface area (Å²) in [5, 5.41) is 6.21. The van der Waals surface area contributed by atoms with Crippen LogP contribution in [0.5, 0.6) is 0 Å². The molecule has 0 saturated carbocycles. The molecule has 1 N–H and O–H groups in total. The Morgan fingerprint density at radius 2 is 1.42 bits per heavy atom. The first-order valence-electron chi connectivity index (χ1n) is 16.1. The van der Waals surface area contributed by atoms with Crippen molar-refractivity contribution in [2.24, 2.45) is 5.41 Å². The van der Waals surface area contributed by atoms with Gasteiger partial charge in [0.15, 0.2) is 0 Å². The van der Waals surface area contributed by atoms with E-state index < -0.39 is 5.41 Å². The van der Waals surface area contributed by atoms with Crippen molar-refractivity contribution in [3.8, 4) is 0 Å². The molecule has 0 bridgehead atoms. The van der Waals surface area contributed by atoms with Crippen LogP contribution in [0.1, 0.15) is 88.5 Å². The van der Waals surface area contributed by atoms with Crippen molar-refractivity contribution < 1.29 is 9.53 Å². The van der Waals surface area contributed by atoms with Crippen LogP contribution in [0.25, 0.3) is 10.8 Å². The summed E-state index contributed by atoms with van der Waals surface area (Å²) >= 11 is 0. The zero-order chi connectivity index (χ0) is 30.8. The van der Waals surface area contributed by atoms with Crippen molar-refractivity contribution in [2.75, 3.05) is 36.5 Å². The molecular formula is C39H50N2O2. The largest absolute Gasteiger partial charge is 0.465 e. The third-order valence-electron chi connectivity index (χ3n) is 8.84. The zero-order valence-corrected chi connectivity index (χ0v) is 27.1. The SMILES string of the molecule is CCN(CC)c1ccc(C(c2ccc(C)cc2)c2ccc(NCCCCCOC(=O)C(C)(C)CC)c3ccccc23)cc1. The molecule has 0 aliphatic heterocycles. The second-order valence-electron chi connectivity index (χ2n) is 12.2. The molecule has 4 aromatic rings. The maximum Gasteiger partial charge on any atom is 0.311 e. The van der Waals surface area contributed by atoms with Gasteiger partial charge in [-0.3, -0.25) is 4.79 Å². The van der Waals surface area contributed by atoms with E-state index >= 15 is 0 Å². The smallest absolute Gasteiger partial charge is 0.311 e. The normalized spacial score (nSPS) is 12.2. The molecule has 1 unspecified atom stereocenters. The van der Waals surface area contributed by atoms with Gasteiger partial charge in [-0.1, -0.05) is 79.2 Å². The molecule has 43 heavy (non-hydrogen) atoms. The van der Waals surface area contributed by atoms with Crippen LogP contribution in [0, 0.1) is 12.3 Å². The predicted octanol–water partition coefficient (Wildman–Crippen LogP) is 9.74. The van der Waals surface area contributed by atoms with Gasteiger partial charge in [0.1, 0.15) is 0 Å². The molecule has 4 heteroatoms. The number of anilines is 2. The van der Waals surface area contributed by atoms with Crippen LogP contribution in [-0.4, -0.2) is 32.2 Å². The van der Waals surface area contributed by atoms with E-state index in [0.717, 1.165) is 51.0 Å². The fraction of sp³-hybridized carbons (Fsp3) is 0.410. The lowest BCUT2D eigenvalue weighted by Crippen LogP contribution is -2.26. The molecule has 0 aliphatic carbocycles. The predicted molar refractivity (Wildman–Crippen MR) is 183 cm³/mol. The summed E-state index contributed by atoms with van der Waals surface area (Å²) in [6.45, 7) is 15.9. The first-order chi connectivity index (χ1) is 20.8. The summed E-state index contributed by atoms with van der Waals surface area (Å²) in [6, 6.07) is 31.5. The molecule has 4 rings (SSSR count). The highest BCUT2D eigenvalue weighted by atomic mass is 16.5. The average Bonchev–Trinajstić information content (AvgIpc) is 3.03. The van der Waals surface area contributed by atoms with Gasteiger partial charge in [-0.15, -0.1) is 0 Å².